The summed E-state index contributed by atoms with van der Waals surface area (Å²) in [6, 6.07) is 6.42. The van der Waals surface area contributed by atoms with Crippen LogP contribution in [0.15, 0.2) is 18.2 Å². The van der Waals surface area contributed by atoms with Gasteiger partial charge in [0.05, 0.1) is 12.8 Å². The van der Waals surface area contributed by atoms with E-state index in [1.807, 2.05) is 0 Å². The Morgan fingerprint density at radius 3 is 1.80 bits per heavy atom. The van der Waals surface area contributed by atoms with E-state index >= 15 is 0 Å². The van der Waals surface area contributed by atoms with Crippen LogP contribution >= 0.6 is 0 Å². The van der Waals surface area contributed by atoms with Gasteiger partial charge in [0.25, 0.3) is 0 Å². The van der Waals surface area contributed by atoms with Crippen molar-refractivity contribution < 1.29 is 4.84 Å². The van der Waals surface area contributed by atoms with E-state index in [0.29, 0.717) is 11.8 Å². The van der Waals surface area contributed by atoms with Crippen LogP contribution in [0, 0.1) is 0 Å². The molecule has 0 heterocycles. The largest absolute Gasteiger partial charge is 0.279 e. The molecule has 0 saturated heterocycles. The summed E-state index contributed by atoms with van der Waals surface area (Å²) in [7, 11) is 1.65. The molecule has 1 rings (SSSR count). The molecule has 0 atom stereocenters. The molecule has 0 fully saturated rings. The average Bonchev–Trinajstić information content (AvgIpc) is 2.17. The predicted molar refractivity (Wildman–Crippen MR) is 65.3 cm³/mol. The van der Waals surface area contributed by atoms with Crippen LogP contribution in [0.1, 0.15) is 50.7 Å². The Morgan fingerprint density at radius 2 is 1.47 bits per heavy atom. The molecular formula is C13H21NO. The van der Waals surface area contributed by atoms with Crippen molar-refractivity contribution in [3.8, 4) is 0 Å². The van der Waals surface area contributed by atoms with Crippen LogP contribution in [0.4, 0.5) is 5.69 Å². The standard InChI is InChI=1S/C13H21NO/c1-9(2)11-7-6-8-12(10(3)4)13(11)14-15-5/h6-10,14H,1-5H3. The molecule has 2 nitrogen and oxygen atoms in total. The molecule has 2 heteroatoms. The lowest BCUT2D eigenvalue weighted by molar-refractivity contribution is 0.269. The minimum absolute atomic E-state index is 0.501. The highest BCUT2D eigenvalue weighted by Crippen LogP contribution is 2.32. The van der Waals surface area contributed by atoms with Crippen molar-refractivity contribution in [2.45, 2.75) is 39.5 Å². The molecule has 0 aromatic heterocycles. The number of nitrogens with one attached hydrogen (secondary N) is 1. The molecule has 0 saturated carbocycles. The number of benzene rings is 1. The third-order valence-electron chi connectivity index (χ3n) is 2.58. The Balaban J connectivity index is 3.21. The first-order valence-corrected chi connectivity index (χ1v) is 5.49. The molecule has 0 aliphatic heterocycles. The van der Waals surface area contributed by atoms with Gasteiger partial charge in [0.1, 0.15) is 0 Å². The molecule has 0 bridgehead atoms. The van der Waals surface area contributed by atoms with Gasteiger partial charge in [0.2, 0.25) is 0 Å². The van der Waals surface area contributed by atoms with Gasteiger partial charge in [-0.3, -0.25) is 10.3 Å². The van der Waals surface area contributed by atoms with Crippen LogP contribution in [0.3, 0.4) is 0 Å². The number of anilines is 1. The zero-order chi connectivity index (χ0) is 11.4. The fourth-order valence-electron chi connectivity index (χ4n) is 1.77. The molecule has 0 aliphatic carbocycles. The first kappa shape index (κ1) is 12.1. The first-order valence-electron chi connectivity index (χ1n) is 5.49. The summed E-state index contributed by atoms with van der Waals surface area (Å²) in [5.41, 5.74) is 6.75. The zero-order valence-electron chi connectivity index (χ0n) is 10.3. The van der Waals surface area contributed by atoms with E-state index in [9.17, 15) is 0 Å². The molecule has 0 aliphatic rings. The Hall–Kier alpha value is -1.02. The van der Waals surface area contributed by atoms with Crippen LogP contribution in [0.2, 0.25) is 0 Å². The third kappa shape index (κ3) is 2.72. The van der Waals surface area contributed by atoms with Crippen molar-refractivity contribution in [1.29, 1.82) is 0 Å². The summed E-state index contributed by atoms with van der Waals surface area (Å²) in [5.74, 6) is 1.00. The normalized spacial score (nSPS) is 11.1. The van der Waals surface area contributed by atoms with Gasteiger partial charge >= 0.3 is 0 Å². The lowest BCUT2D eigenvalue weighted by Crippen LogP contribution is -2.06. The van der Waals surface area contributed by atoms with Gasteiger partial charge in [-0.25, -0.2) is 0 Å². The topological polar surface area (TPSA) is 21.3 Å². The van der Waals surface area contributed by atoms with E-state index in [1.165, 1.54) is 11.1 Å². The second kappa shape index (κ2) is 5.17. The highest BCUT2D eigenvalue weighted by atomic mass is 16.6. The van der Waals surface area contributed by atoms with E-state index in [2.05, 4.69) is 51.4 Å². The number of rotatable bonds is 4. The minimum atomic E-state index is 0.501. The maximum Gasteiger partial charge on any atom is 0.0673 e. The molecule has 1 aromatic carbocycles. The summed E-state index contributed by atoms with van der Waals surface area (Å²) in [6.07, 6.45) is 0. The highest BCUT2D eigenvalue weighted by molar-refractivity contribution is 5.58. The molecule has 0 amide bonds. The van der Waals surface area contributed by atoms with E-state index in [1.54, 1.807) is 7.11 Å². The minimum Gasteiger partial charge on any atom is -0.279 e. The quantitative estimate of drug-likeness (QED) is 0.756. The summed E-state index contributed by atoms with van der Waals surface area (Å²) in [4.78, 5) is 5.06. The average molecular weight is 207 g/mol. The monoisotopic (exact) mass is 207 g/mol. The Kier molecular flexibility index (Phi) is 4.15. The van der Waals surface area contributed by atoms with Gasteiger partial charge in [-0.2, -0.15) is 0 Å². The molecular weight excluding hydrogens is 186 g/mol. The van der Waals surface area contributed by atoms with Gasteiger partial charge in [0.15, 0.2) is 0 Å². The summed E-state index contributed by atoms with van der Waals surface area (Å²) in [5, 5.41) is 0. The lowest BCUT2D eigenvalue weighted by Gasteiger charge is -2.19. The van der Waals surface area contributed by atoms with Gasteiger partial charge in [-0.15, -0.1) is 0 Å². The van der Waals surface area contributed by atoms with E-state index < -0.39 is 0 Å². The Labute approximate surface area is 92.6 Å². The maximum atomic E-state index is 5.06. The van der Waals surface area contributed by atoms with Crippen molar-refractivity contribution in [2.24, 2.45) is 0 Å². The molecule has 0 unspecified atom stereocenters. The number of para-hydroxylation sites is 1. The molecule has 0 radical (unpaired) electrons. The second-order valence-electron chi connectivity index (χ2n) is 4.43. The molecule has 1 aromatic rings. The second-order valence-corrected chi connectivity index (χ2v) is 4.43. The Morgan fingerprint density at radius 1 is 1.00 bits per heavy atom. The summed E-state index contributed by atoms with van der Waals surface area (Å²) < 4.78 is 0. The SMILES string of the molecule is CONc1c(C(C)C)cccc1C(C)C. The van der Waals surface area contributed by atoms with Crippen molar-refractivity contribution >= 4 is 5.69 Å². The molecule has 84 valence electrons. The van der Waals surface area contributed by atoms with Crippen LogP contribution in [-0.4, -0.2) is 7.11 Å². The van der Waals surface area contributed by atoms with Gasteiger partial charge in [-0.05, 0) is 23.0 Å². The maximum absolute atomic E-state index is 5.06. The van der Waals surface area contributed by atoms with Gasteiger partial charge in [0, 0.05) is 0 Å². The fourth-order valence-corrected chi connectivity index (χ4v) is 1.77. The van der Waals surface area contributed by atoms with Crippen LogP contribution < -0.4 is 5.48 Å². The highest BCUT2D eigenvalue weighted by Gasteiger charge is 2.12. The zero-order valence-corrected chi connectivity index (χ0v) is 10.3. The van der Waals surface area contributed by atoms with E-state index in [0.717, 1.165) is 5.69 Å². The summed E-state index contributed by atoms with van der Waals surface area (Å²) in [6.45, 7) is 8.78. The number of hydrogen-bond donors (Lipinski definition) is 1. The molecule has 1 N–H and O–H groups in total. The fraction of sp³-hybridized carbons (Fsp3) is 0.538. The van der Waals surface area contributed by atoms with Crippen LogP contribution in [0.25, 0.3) is 0 Å². The lowest BCUT2D eigenvalue weighted by atomic mass is 9.93. The van der Waals surface area contributed by atoms with Crippen LogP contribution in [-0.2, 0) is 4.84 Å². The smallest absolute Gasteiger partial charge is 0.0673 e. The van der Waals surface area contributed by atoms with Crippen molar-refractivity contribution in [3.05, 3.63) is 29.3 Å². The van der Waals surface area contributed by atoms with Gasteiger partial charge in [-0.1, -0.05) is 45.9 Å². The van der Waals surface area contributed by atoms with Crippen molar-refractivity contribution in [1.82, 2.24) is 0 Å². The first-order chi connectivity index (χ1) is 7.07. The third-order valence-corrected chi connectivity index (χ3v) is 2.58. The Bertz CT molecular complexity index is 292. The van der Waals surface area contributed by atoms with E-state index in [-0.39, 0.29) is 0 Å². The van der Waals surface area contributed by atoms with Gasteiger partial charge < -0.3 is 0 Å². The van der Waals surface area contributed by atoms with Crippen LogP contribution in [0.5, 0.6) is 0 Å². The van der Waals surface area contributed by atoms with E-state index in [4.69, 9.17) is 4.84 Å². The predicted octanol–water partition coefficient (Wildman–Crippen LogP) is 3.91. The molecule has 0 spiro atoms. The number of hydrogen-bond acceptors (Lipinski definition) is 2. The summed E-state index contributed by atoms with van der Waals surface area (Å²) >= 11 is 0. The molecule has 15 heavy (non-hydrogen) atoms. The van der Waals surface area contributed by atoms with Crippen molar-refractivity contribution in [3.63, 3.8) is 0 Å². The van der Waals surface area contributed by atoms with Crippen molar-refractivity contribution in [2.75, 3.05) is 12.6 Å².